The van der Waals surface area contributed by atoms with Gasteiger partial charge in [0.25, 0.3) is 0 Å². The molecule has 2 aromatic rings. The molecule has 0 spiro atoms. The van der Waals surface area contributed by atoms with Crippen molar-refractivity contribution in [2.75, 3.05) is 18.9 Å². The van der Waals surface area contributed by atoms with Gasteiger partial charge < -0.3 is 19.9 Å². The molecule has 21 heavy (non-hydrogen) atoms. The zero-order valence-electron chi connectivity index (χ0n) is 12.3. The fourth-order valence-electron chi connectivity index (χ4n) is 2.24. The lowest BCUT2D eigenvalue weighted by atomic mass is 10.1. The van der Waals surface area contributed by atoms with Crippen molar-refractivity contribution in [3.05, 3.63) is 47.0 Å². The Morgan fingerprint density at radius 3 is 2.43 bits per heavy atom. The molecule has 1 aliphatic rings. The van der Waals surface area contributed by atoms with Gasteiger partial charge in [0, 0.05) is 17.3 Å². The van der Waals surface area contributed by atoms with E-state index in [1.54, 1.807) is 6.07 Å². The number of nitrogen functional groups attached to an aromatic ring is 1. The largest absolute Gasteiger partial charge is 0.489 e. The molecule has 0 saturated heterocycles. The SMILES string of the molecule is Cc1ccc(OCc2cc3c(cc2N)OCCO3)cc1C. The lowest BCUT2D eigenvalue weighted by Crippen LogP contribution is -2.16. The molecular weight excluding hydrogens is 266 g/mol. The second-order valence-electron chi connectivity index (χ2n) is 5.23. The van der Waals surface area contributed by atoms with Crippen LogP contribution in [0.25, 0.3) is 0 Å². The number of hydrogen-bond acceptors (Lipinski definition) is 4. The molecule has 0 aliphatic carbocycles. The maximum atomic E-state index is 6.05. The zero-order chi connectivity index (χ0) is 14.8. The van der Waals surface area contributed by atoms with Crippen molar-refractivity contribution in [2.24, 2.45) is 0 Å². The molecule has 1 heterocycles. The van der Waals surface area contributed by atoms with E-state index >= 15 is 0 Å². The van der Waals surface area contributed by atoms with Gasteiger partial charge in [-0.15, -0.1) is 0 Å². The van der Waals surface area contributed by atoms with Crippen molar-refractivity contribution in [1.29, 1.82) is 0 Å². The van der Waals surface area contributed by atoms with Gasteiger partial charge in [-0.3, -0.25) is 0 Å². The third kappa shape index (κ3) is 2.89. The highest BCUT2D eigenvalue weighted by Gasteiger charge is 2.14. The van der Waals surface area contributed by atoms with Crippen LogP contribution in [0.5, 0.6) is 17.2 Å². The fraction of sp³-hybridized carbons (Fsp3) is 0.294. The Bertz CT molecular complexity index is 667. The smallest absolute Gasteiger partial charge is 0.163 e. The average molecular weight is 285 g/mol. The van der Waals surface area contributed by atoms with Gasteiger partial charge in [0.05, 0.1) is 0 Å². The maximum absolute atomic E-state index is 6.05. The van der Waals surface area contributed by atoms with E-state index in [1.165, 1.54) is 11.1 Å². The van der Waals surface area contributed by atoms with Crippen molar-refractivity contribution in [2.45, 2.75) is 20.5 Å². The van der Waals surface area contributed by atoms with Gasteiger partial charge in [-0.1, -0.05) is 6.07 Å². The summed E-state index contributed by atoms with van der Waals surface area (Å²) in [4.78, 5) is 0. The summed E-state index contributed by atoms with van der Waals surface area (Å²) in [5.74, 6) is 2.27. The molecule has 2 aromatic carbocycles. The Balaban J connectivity index is 1.77. The van der Waals surface area contributed by atoms with Gasteiger partial charge in [0.1, 0.15) is 25.6 Å². The van der Waals surface area contributed by atoms with Gasteiger partial charge in [-0.2, -0.15) is 0 Å². The van der Waals surface area contributed by atoms with Crippen LogP contribution in [-0.4, -0.2) is 13.2 Å². The van der Waals surface area contributed by atoms with Crippen LogP contribution in [0.4, 0.5) is 5.69 Å². The first kappa shape index (κ1) is 13.6. The minimum Gasteiger partial charge on any atom is -0.489 e. The van der Waals surface area contributed by atoms with E-state index in [0.717, 1.165) is 17.1 Å². The summed E-state index contributed by atoms with van der Waals surface area (Å²) >= 11 is 0. The fourth-order valence-corrected chi connectivity index (χ4v) is 2.24. The van der Waals surface area contributed by atoms with Crippen molar-refractivity contribution in [1.82, 2.24) is 0 Å². The molecule has 0 bridgehead atoms. The van der Waals surface area contributed by atoms with Crippen molar-refractivity contribution >= 4 is 5.69 Å². The summed E-state index contributed by atoms with van der Waals surface area (Å²) in [5, 5.41) is 0. The lowest BCUT2D eigenvalue weighted by Gasteiger charge is -2.20. The van der Waals surface area contributed by atoms with Gasteiger partial charge in [0.2, 0.25) is 0 Å². The van der Waals surface area contributed by atoms with E-state index in [0.29, 0.717) is 31.3 Å². The number of anilines is 1. The van der Waals surface area contributed by atoms with E-state index in [2.05, 4.69) is 19.9 Å². The maximum Gasteiger partial charge on any atom is 0.163 e. The molecule has 0 atom stereocenters. The molecule has 2 N–H and O–H groups in total. The van der Waals surface area contributed by atoms with Crippen LogP contribution in [-0.2, 0) is 6.61 Å². The van der Waals surface area contributed by atoms with Crippen molar-refractivity contribution in [3.63, 3.8) is 0 Å². The monoisotopic (exact) mass is 285 g/mol. The highest BCUT2D eigenvalue weighted by atomic mass is 16.6. The van der Waals surface area contributed by atoms with E-state index in [-0.39, 0.29) is 0 Å². The number of rotatable bonds is 3. The Hall–Kier alpha value is -2.36. The highest BCUT2D eigenvalue weighted by molar-refractivity contribution is 5.58. The zero-order valence-corrected chi connectivity index (χ0v) is 12.3. The Morgan fingerprint density at radius 1 is 1.00 bits per heavy atom. The quantitative estimate of drug-likeness (QED) is 0.880. The normalized spacial score (nSPS) is 13.0. The summed E-state index contributed by atoms with van der Waals surface area (Å²) in [6, 6.07) is 9.75. The molecule has 3 rings (SSSR count). The molecule has 0 saturated carbocycles. The number of fused-ring (bicyclic) bond motifs is 1. The first-order valence-corrected chi connectivity index (χ1v) is 7.01. The van der Waals surface area contributed by atoms with Crippen LogP contribution in [0, 0.1) is 13.8 Å². The van der Waals surface area contributed by atoms with Gasteiger partial charge >= 0.3 is 0 Å². The average Bonchev–Trinajstić information content (AvgIpc) is 2.48. The number of ether oxygens (including phenoxy) is 3. The third-order valence-corrected chi connectivity index (χ3v) is 3.68. The predicted molar refractivity (Wildman–Crippen MR) is 82.1 cm³/mol. The lowest BCUT2D eigenvalue weighted by molar-refractivity contribution is 0.171. The summed E-state index contributed by atoms with van der Waals surface area (Å²) in [6.07, 6.45) is 0. The van der Waals surface area contributed by atoms with E-state index in [4.69, 9.17) is 19.9 Å². The number of benzene rings is 2. The van der Waals surface area contributed by atoms with Crippen LogP contribution in [0.2, 0.25) is 0 Å². The standard InChI is InChI=1S/C17H19NO3/c1-11-3-4-14(7-12(11)2)21-10-13-8-16-17(9-15(13)18)20-6-5-19-16/h3-4,7-9H,5-6,10,18H2,1-2H3. The van der Waals surface area contributed by atoms with Crippen molar-refractivity contribution < 1.29 is 14.2 Å². The predicted octanol–water partition coefficient (Wildman–Crippen LogP) is 3.24. The molecular formula is C17H19NO3. The number of hydrogen-bond donors (Lipinski definition) is 1. The van der Waals surface area contributed by atoms with Gasteiger partial charge in [-0.05, 0) is 43.2 Å². The van der Waals surface area contributed by atoms with Crippen molar-refractivity contribution in [3.8, 4) is 17.2 Å². The number of nitrogens with two attached hydrogens (primary N) is 1. The Kier molecular flexibility index (Phi) is 3.60. The van der Waals surface area contributed by atoms with Crippen LogP contribution in [0.1, 0.15) is 16.7 Å². The minimum atomic E-state index is 0.408. The van der Waals surface area contributed by atoms with Crippen LogP contribution < -0.4 is 19.9 Å². The summed E-state index contributed by atoms with van der Waals surface area (Å²) in [5.41, 5.74) is 10.1. The van der Waals surface area contributed by atoms with E-state index in [9.17, 15) is 0 Å². The van der Waals surface area contributed by atoms with Crippen LogP contribution in [0.15, 0.2) is 30.3 Å². The molecule has 0 unspecified atom stereocenters. The Morgan fingerprint density at radius 2 is 1.71 bits per heavy atom. The van der Waals surface area contributed by atoms with Gasteiger partial charge in [0.15, 0.2) is 11.5 Å². The molecule has 0 amide bonds. The van der Waals surface area contributed by atoms with E-state index in [1.807, 2.05) is 18.2 Å². The molecule has 4 heteroatoms. The minimum absolute atomic E-state index is 0.408. The molecule has 4 nitrogen and oxygen atoms in total. The topological polar surface area (TPSA) is 53.7 Å². The highest BCUT2D eigenvalue weighted by Crippen LogP contribution is 2.34. The number of aryl methyl sites for hydroxylation is 2. The molecule has 0 radical (unpaired) electrons. The third-order valence-electron chi connectivity index (χ3n) is 3.68. The van der Waals surface area contributed by atoms with E-state index < -0.39 is 0 Å². The molecule has 110 valence electrons. The summed E-state index contributed by atoms with van der Waals surface area (Å²) < 4.78 is 16.9. The Labute approximate surface area is 124 Å². The molecule has 0 aromatic heterocycles. The van der Waals surface area contributed by atoms with Gasteiger partial charge in [-0.25, -0.2) is 0 Å². The summed E-state index contributed by atoms with van der Waals surface area (Å²) in [6.45, 7) is 5.68. The molecule has 1 aliphatic heterocycles. The second kappa shape index (κ2) is 5.56. The first-order valence-electron chi connectivity index (χ1n) is 7.01. The second-order valence-corrected chi connectivity index (χ2v) is 5.23. The summed E-state index contributed by atoms with van der Waals surface area (Å²) in [7, 11) is 0. The van der Waals surface area contributed by atoms with Crippen LogP contribution in [0.3, 0.4) is 0 Å². The first-order chi connectivity index (χ1) is 10.1. The van der Waals surface area contributed by atoms with Crippen LogP contribution >= 0.6 is 0 Å². The molecule has 0 fully saturated rings.